The lowest BCUT2D eigenvalue weighted by molar-refractivity contribution is 0.174. The number of rotatable bonds is 1. The van der Waals surface area contributed by atoms with Crippen LogP contribution in [0.2, 0.25) is 0 Å². The molecule has 75 heavy (non-hydrogen) atoms. The molecular formula is C69H66N6. The van der Waals surface area contributed by atoms with Crippen molar-refractivity contribution in [1.82, 2.24) is 18.6 Å². The van der Waals surface area contributed by atoms with Crippen LogP contribution in [0.25, 0.3) is 62.3 Å². The summed E-state index contributed by atoms with van der Waals surface area (Å²) in [5.74, 6) is 1.50. The molecular weight excluding hydrogens is 913 g/mol. The number of hydrogen-bond donors (Lipinski definition) is 0. The first kappa shape index (κ1) is 44.1. The summed E-state index contributed by atoms with van der Waals surface area (Å²) in [5, 5.41) is 17.0. The highest BCUT2D eigenvalue weighted by atomic mass is 15.3. The van der Waals surface area contributed by atoms with Crippen LogP contribution in [0.15, 0.2) is 137 Å². The van der Waals surface area contributed by atoms with Crippen LogP contribution in [0.1, 0.15) is 135 Å². The van der Waals surface area contributed by atoms with Gasteiger partial charge in [0.15, 0.2) is 0 Å². The minimum Gasteiger partial charge on any atom is -0.361 e. The second-order valence-electron chi connectivity index (χ2n) is 24.2. The first-order valence-corrected chi connectivity index (χ1v) is 28.6. The van der Waals surface area contributed by atoms with Crippen LogP contribution in [-0.4, -0.2) is 36.7 Å². The Kier molecular flexibility index (Phi) is 9.35. The Balaban J connectivity index is 1.18. The van der Waals surface area contributed by atoms with Gasteiger partial charge in [0.05, 0.1) is 45.8 Å². The Morgan fingerprint density at radius 1 is 0.600 bits per heavy atom. The van der Waals surface area contributed by atoms with E-state index in [0.29, 0.717) is 23.7 Å². The Hall–Kier alpha value is -7.23. The summed E-state index contributed by atoms with van der Waals surface area (Å²) >= 11 is 0. The lowest BCUT2D eigenvalue weighted by atomic mass is 9.79. The third-order valence-corrected chi connectivity index (χ3v) is 20.5. The van der Waals surface area contributed by atoms with Crippen molar-refractivity contribution >= 4 is 68.0 Å². The van der Waals surface area contributed by atoms with Crippen LogP contribution in [0.5, 0.6) is 0 Å². The molecule has 372 valence electrons. The first-order chi connectivity index (χ1) is 36.7. The van der Waals surface area contributed by atoms with Crippen molar-refractivity contribution < 1.29 is 0 Å². The van der Waals surface area contributed by atoms with Crippen molar-refractivity contribution in [2.75, 3.05) is 4.90 Å². The molecule has 9 aliphatic rings. The first-order valence-electron chi connectivity index (χ1n) is 28.6. The molecule has 4 aliphatic heterocycles. The standard InChI is InChI=1S/C69H66N6/c1-38-23-29-61-52(31-38)54-33-40(3)44-25-27-46-42(5)71(57-19-11-7-15-48(46)57)65-56(37-70)66-68(69(67(65)74(61)63(54)35-44)73-59-21-13-9-17-50(59)51-18-10-14-22-60(51)73)75-62-30-24-39(2)32-53(62)55-34-41(4)45(36-64(55)75)26-28-47-43(6)72(66)58-20-12-8-16-49(47)58/h7-9,11,13-17,19,21-24,29-34,42-47,66,68H,10,12,18,20,25-28,35-36H2,1-6H3. The Bertz CT molecular complexity index is 4000. The van der Waals surface area contributed by atoms with Gasteiger partial charge in [0.1, 0.15) is 6.04 Å². The summed E-state index contributed by atoms with van der Waals surface area (Å²) in [7, 11) is 0. The van der Waals surface area contributed by atoms with Gasteiger partial charge in [-0.1, -0.05) is 101 Å². The van der Waals surface area contributed by atoms with Crippen LogP contribution < -0.4 is 4.90 Å². The molecule has 0 saturated carbocycles. The van der Waals surface area contributed by atoms with Crippen LogP contribution in [0, 0.1) is 42.9 Å². The number of aryl methyl sites for hydroxylation is 3. The third-order valence-electron chi connectivity index (χ3n) is 20.5. The van der Waals surface area contributed by atoms with Gasteiger partial charge >= 0.3 is 0 Å². The Morgan fingerprint density at radius 3 is 2.07 bits per heavy atom. The predicted molar refractivity (Wildman–Crippen MR) is 309 cm³/mol. The lowest BCUT2D eigenvalue weighted by Gasteiger charge is -2.49. The predicted octanol–water partition coefficient (Wildman–Crippen LogP) is 16.0. The van der Waals surface area contributed by atoms with Crippen LogP contribution >= 0.6 is 0 Å². The summed E-state index contributed by atoms with van der Waals surface area (Å²) in [5.41, 5.74) is 27.7. The molecule has 8 atom stereocenters. The number of fused-ring (bicyclic) bond motifs is 26. The zero-order chi connectivity index (χ0) is 50.3. The number of hydrogen-bond acceptors (Lipinski definition) is 3. The highest BCUT2D eigenvalue weighted by molar-refractivity contribution is 6.05. The van der Waals surface area contributed by atoms with Crippen LogP contribution in [-0.2, 0) is 19.3 Å². The van der Waals surface area contributed by atoms with Crippen molar-refractivity contribution in [2.45, 2.75) is 136 Å². The number of aromatic nitrogens is 3. The molecule has 5 aliphatic carbocycles. The van der Waals surface area contributed by atoms with Gasteiger partial charge in [-0.3, -0.25) is 0 Å². The molecule has 16 rings (SSSR count). The van der Waals surface area contributed by atoms with Gasteiger partial charge < -0.3 is 23.5 Å². The highest BCUT2D eigenvalue weighted by Crippen LogP contribution is 2.60. The summed E-state index contributed by atoms with van der Waals surface area (Å²) in [6, 6.07) is 36.1. The molecule has 0 saturated heterocycles. The van der Waals surface area contributed by atoms with E-state index in [9.17, 15) is 5.26 Å². The quantitative estimate of drug-likeness (QED) is 0.165. The number of allylic oxidation sites excluding steroid dienone is 7. The van der Waals surface area contributed by atoms with E-state index < -0.39 is 0 Å². The Morgan fingerprint density at radius 2 is 1.27 bits per heavy atom. The molecule has 7 heterocycles. The number of anilines is 1. The fraction of sp³-hybridized carbons (Fsp3) is 0.348. The van der Waals surface area contributed by atoms with E-state index in [2.05, 4.69) is 192 Å². The minimum absolute atomic E-state index is 0.107. The second-order valence-corrected chi connectivity index (χ2v) is 24.2. The normalized spacial score (nSPS) is 27.2. The van der Waals surface area contributed by atoms with E-state index in [0.717, 1.165) is 75.5 Å². The van der Waals surface area contributed by atoms with E-state index in [4.69, 9.17) is 0 Å². The second kappa shape index (κ2) is 15.9. The molecule has 0 spiro atoms. The van der Waals surface area contributed by atoms with E-state index in [1.54, 1.807) is 0 Å². The molecule has 0 amide bonds. The zero-order valence-electron chi connectivity index (χ0n) is 44.4. The average molecular weight is 979 g/mol. The maximum absolute atomic E-state index is 13.0. The number of nitrogens with zero attached hydrogens (tertiary/aromatic N) is 6. The molecule has 6 heteroatoms. The lowest BCUT2D eigenvalue weighted by Crippen LogP contribution is -2.51. The molecule has 8 unspecified atom stereocenters. The highest BCUT2D eigenvalue weighted by Gasteiger charge is 2.55. The van der Waals surface area contributed by atoms with E-state index in [1.165, 1.54) is 123 Å². The maximum atomic E-state index is 13.0. The van der Waals surface area contributed by atoms with E-state index in [1.807, 2.05) is 0 Å². The van der Waals surface area contributed by atoms with Gasteiger partial charge in [-0.05, 0) is 177 Å². The van der Waals surface area contributed by atoms with Crippen molar-refractivity contribution in [1.29, 1.82) is 5.26 Å². The molecule has 7 aromatic rings. The monoisotopic (exact) mass is 979 g/mol. The molecule has 0 fully saturated rings. The third kappa shape index (κ3) is 5.85. The van der Waals surface area contributed by atoms with Gasteiger partial charge in [0.2, 0.25) is 0 Å². The zero-order valence-corrected chi connectivity index (χ0v) is 44.4. The largest absolute Gasteiger partial charge is 0.361 e. The summed E-state index contributed by atoms with van der Waals surface area (Å²) in [4.78, 5) is 5.62. The smallest absolute Gasteiger partial charge is 0.102 e. The van der Waals surface area contributed by atoms with E-state index in [-0.39, 0.29) is 24.2 Å². The molecule has 0 N–H and O–H groups in total. The SMILES string of the molecule is CC1=Cc2c3n(c4ccc(C)cc24)C2=C(n4c5c(c6ccccc64)CCC=C5)C4C(C(C#N)=C2N2c5ccccc5C(CCC1C3)C2C)N1C2=C(C=CCC2)C(CCC2Cc3c(c5cc(C)ccc5n34)C=C2C)C1C. The Labute approximate surface area is 441 Å². The van der Waals surface area contributed by atoms with Crippen molar-refractivity contribution in [3.8, 4) is 6.07 Å². The summed E-state index contributed by atoms with van der Waals surface area (Å²) in [6.07, 6.45) is 25.4. The molecule has 6 nitrogen and oxygen atoms in total. The number of nitriles is 1. The van der Waals surface area contributed by atoms with Gasteiger partial charge in [0, 0.05) is 85.2 Å². The topological polar surface area (TPSA) is 45.1 Å². The molecule has 4 aromatic carbocycles. The summed E-state index contributed by atoms with van der Waals surface area (Å²) in [6.45, 7) is 14.4. The van der Waals surface area contributed by atoms with Gasteiger partial charge in [-0.2, -0.15) is 5.26 Å². The van der Waals surface area contributed by atoms with Crippen molar-refractivity contribution in [3.05, 3.63) is 187 Å². The van der Waals surface area contributed by atoms with Crippen LogP contribution in [0.4, 0.5) is 5.69 Å². The summed E-state index contributed by atoms with van der Waals surface area (Å²) < 4.78 is 8.41. The fourth-order valence-electron chi connectivity index (χ4n) is 17.1. The molecule has 0 radical (unpaired) electrons. The van der Waals surface area contributed by atoms with E-state index >= 15 is 0 Å². The van der Waals surface area contributed by atoms with Gasteiger partial charge in [-0.15, -0.1) is 0 Å². The maximum Gasteiger partial charge on any atom is 0.102 e. The van der Waals surface area contributed by atoms with Gasteiger partial charge in [0.25, 0.3) is 0 Å². The molecule has 8 bridgehead atoms. The van der Waals surface area contributed by atoms with Crippen molar-refractivity contribution in [3.63, 3.8) is 0 Å². The molecule has 3 aromatic heterocycles. The van der Waals surface area contributed by atoms with Gasteiger partial charge in [-0.25, -0.2) is 0 Å². The number of para-hydroxylation sites is 2. The number of benzene rings is 4. The minimum atomic E-state index is -0.326. The fourth-order valence-corrected chi connectivity index (χ4v) is 17.1. The average Bonchev–Trinajstić information content (AvgIpc) is 4.27. The van der Waals surface area contributed by atoms with Crippen LogP contribution in [0.3, 0.4) is 0 Å². The van der Waals surface area contributed by atoms with Crippen molar-refractivity contribution in [2.24, 2.45) is 17.8 Å².